The molecule has 0 saturated carbocycles. The molecule has 4 heteroatoms. The Morgan fingerprint density at radius 1 is 1.21 bits per heavy atom. The highest BCUT2D eigenvalue weighted by Crippen LogP contribution is 2.19. The smallest absolute Gasteiger partial charge is 0.119 e. The highest BCUT2D eigenvalue weighted by atomic mass is 32.1. The molecule has 0 amide bonds. The largest absolute Gasteiger partial charge is 0.494 e. The molecule has 1 N–H and O–H groups in total. The summed E-state index contributed by atoms with van der Waals surface area (Å²) in [4.78, 5) is 5.81. The van der Waals surface area contributed by atoms with Crippen molar-refractivity contribution in [3.63, 3.8) is 0 Å². The summed E-state index contributed by atoms with van der Waals surface area (Å²) in [6, 6.07) is 8.07. The first-order valence-electron chi connectivity index (χ1n) is 6.58. The van der Waals surface area contributed by atoms with E-state index in [0.717, 1.165) is 41.7 Å². The number of ether oxygens (including phenoxy) is 1. The van der Waals surface area contributed by atoms with Crippen LogP contribution in [0.3, 0.4) is 0 Å². The summed E-state index contributed by atoms with van der Waals surface area (Å²) in [7, 11) is 0. The molecular weight excluding hydrogens is 256 g/mol. The predicted octanol–water partition coefficient (Wildman–Crippen LogP) is 4.16. The Morgan fingerprint density at radius 2 is 1.95 bits per heavy atom. The maximum absolute atomic E-state index is 5.55. The molecule has 0 radical (unpaired) electrons. The standard InChI is InChI=1S/C15H20N2OS/c1-4-9-18-14-7-5-13(6-8-14)16-10-15-17-11(2)12(3)19-15/h5-8,16H,4,9-10H2,1-3H3. The Kier molecular flexibility index (Phi) is 4.80. The van der Waals surface area contributed by atoms with E-state index in [9.17, 15) is 0 Å². The number of hydrogen-bond acceptors (Lipinski definition) is 4. The second kappa shape index (κ2) is 6.57. The number of rotatable bonds is 6. The predicted molar refractivity (Wildman–Crippen MR) is 81.1 cm³/mol. The lowest BCUT2D eigenvalue weighted by Gasteiger charge is -2.07. The first-order chi connectivity index (χ1) is 9.19. The van der Waals surface area contributed by atoms with Crippen LogP contribution in [0.1, 0.15) is 28.9 Å². The number of nitrogens with zero attached hydrogens (tertiary/aromatic N) is 1. The van der Waals surface area contributed by atoms with Gasteiger partial charge in [0.05, 0.1) is 18.8 Å². The van der Waals surface area contributed by atoms with Crippen molar-refractivity contribution in [2.24, 2.45) is 0 Å². The van der Waals surface area contributed by atoms with Crippen molar-refractivity contribution in [3.05, 3.63) is 39.8 Å². The summed E-state index contributed by atoms with van der Waals surface area (Å²) in [6.45, 7) is 7.80. The lowest BCUT2D eigenvalue weighted by atomic mass is 10.3. The Labute approximate surface area is 118 Å². The van der Waals surface area contributed by atoms with Gasteiger partial charge in [0, 0.05) is 10.6 Å². The second-order valence-corrected chi connectivity index (χ2v) is 5.76. The van der Waals surface area contributed by atoms with Crippen LogP contribution in [-0.4, -0.2) is 11.6 Å². The number of hydrogen-bond donors (Lipinski definition) is 1. The lowest BCUT2D eigenvalue weighted by molar-refractivity contribution is 0.317. The van der Waals surface area contributed by atoms with E-state index in [1.807, 2.05) is 24.3 Å². The molecule has 0 atom stereocenters. The van der Waals surface area contributed by atoms with E-state index in [2.05, 4.69) is 31.1 Å². The summed E-state index contributed by atoms with van der Waals surface area (Å²) in [5.41, 5.74) is 2.22. The summed E-state index contributed by atoms with van der Waals surface area (Å²) < 4.78 is 5.55. The molecule has 2 aromatic rings. The Morgan fingerprint density at radius 3 is 2.53 bits per heavy atom. The van der Waals surface area contributed by atoms with Gasteiger partial charge in [-0.1, -0.05) is 6.92 Å². The molecule has 1 aromatic heterocycles. The van der Waals surface area contributed by atoms with E-state index in [1.54, 1.807) is 11.3 Å². The second-order valence-electron chi connectivity index (χ2n) is 4.48. The Balaban J connectivity index is 1.89. The quantitative estimate of drug-likeness (QED) is 0.860. The van der Waals surface area contributed by atoms with Crippen LogP contribution >= 0.6 is 11.3 Å². The molecule has 0 aliphatic carbocycles. The molecule has 0 spiro atoms. The van der Waals surface area contributed by atoms with Gasteiger partial charge in [-0.15, -0.1) is 11.3 Å². The van der Waals surface area contributed by atoms with E-state index in [4.69, 9.17) is 4.74 Å². The monoisotopic (exact) mass is 276 g/mol. The third-order valence-corrected chi connectivity index (χ3v) is 3.92. The first kappa shape index (κ1) is 13.9. The fourth-order valence-corrected chi connectivity index (χ4v) is 2.56. The molecule has 2 rings (SSSR count). The van der Waals surface area contributed by atoms with Gasteiger partial charge in [0.1, 0.15) is 10.8 Å². The summed E-state index contributed by atoms with van der Waals surface area (Å²) in [5, 5.41) is 4.50. The maximum Gasteiger partial charge on any atom is 0.119 e. The van der Waals surface area contributed by atoms with Gasteiger partial charge < -0.3 is 10.1 Å². The average molecular weight is 276 g/mol. The molecule has 0 aliphatic heterocycles. The van der Waals surface area contributed by atoms with Gasteiger partial charge in [0.15, 0.2) is 0 Å². The van der Waals surface area contributed by atoms with Crippen LogP contribution in [0, 0.1) is 13.8 Å². The van der Waals surface area contributed by atoms with Crippen LogP contribution in [0.4, 0.5) is 5.69 Å². The number of benzene rings is 1. The minimum absolute atomic E-state index is 0.768. The van der Waals surface area contributed by atoms with Gasteiger partial charge in [-0.3, -0.25) is 0 Å². The average Bonchev–Trinajstić information content (AvgIpc) is 2.74. The normalized spacial score (nSPS) is 10.5. The molecule has 1 aromatic carbocycles. The zero-order valence-electron chi connectivity index (χ0n) is 11.7. The lowest BCUT2D eigenvalue weighted by Crippen LogP contribution is -1.99. The van der Waals surface area contributed by atoms with Gasteiger partial charge in [-0.05, 0) is 44.5 Å². The molecule has 1 heterocycles. The van der Waals surface area contributed by atoms with Crippen molar-refractivity contribution in [3.8, 4) is 5.75 Å². The van der Waals surface area contributed by atoms with Crippen molar-refractivity contribution in [2.75, 3.05) is 11.9 Å². The van der Waals surface area contributed by atoms with E-state index >= 15 is 0 Å². The van der Waals surface area contributed by atoms with Gasteiger partial charge in [0.25, 0.3) is 0 Å². The summed E-state index contributed by atoms with van der Waals surface area (Å²) >= 11 is 1.75. The minimum Gasteiger partial charge on any atom is -0.494 e. The Hall–Kier alpha value is -1.55. The van der Waals surface area contributed by atoms with E-state index < -0.39 is 0 Å². The molecule has 0 bridgehead atoms. The third-order valence-electron chi connectivity index (χ3n) is 2.84. The third kappa shape index (κ3) is 3.96. The van der Waals surface area contributed by atoms with E-state index in [0.29, 0.717) is 0 Å². The topological polar surface area (TPSA) is 34.1 Å². The van der Waals surface area contributed by atoms with Crippen molar-refractivity contribution in [2.45, 2.75) is 33.7 Å². The molecule has 0 saturated heterocycles. The first-order valence-corrected chi connectivity index (χ1v) is 7.40. The van der Waals surface area contributed by atoms with Crippen molar-refractivity contribution in [1.82, 2.24) is 4.98 Å². The van der Waals surface area contributed by atoms with Gasteiger partial charge >= 0.3 is 0 Å². The van der Waals surface area contributed by atoms with E-state index in [1.165, 1.54) is 4.88 Å². The van der Waals surface area contributed by atoms with Gasteiger partial charge in [-0.2, -0.15) is 0 Å². The van der Waals surface area contributed by atoms with E-state index in [-0.39, 0.29) is 0 Å². The maximum atomic E-state index is 5.55. The van der Waals surface area contributed by atoms with Crippen LogP contribution in [0.15, 0.2) is 24.3 Å². The van der Waals surface area contributed by atoms with Crippen LogP contribution in [0.25, 0.3) is 0 Å². The van der Waals surface area contributed by atoms with Crippen molar-refractivity contribution < 1.29 is 4.74 Å². The SMILES string of the molecule is CCCOc1ccc(NCc2nc(C)c(C)s2)cc1. The van der Waals surface area contributed by atoms with Crippen LogP contribution in [0.5, 0.6) is 5.75 Å². The zero-order chi connectivity index (χ0) is 13.7. The van der Waals surface area contributed by atoms with Gasteiger partial charge in [-0.25, -0.2) is 4.98 Å². The van der Waals surface area contributed by atoms with Gasteiger partial charge in [0.2, 0.25) is 0 Å². The minimum atomic E-state index is 0.768. The summed E-state index contributed by atoms with van der Waals surface area (Å²) in [6.07, 6.45) is 1.03. The molecular formula is C15H20N2OS. The fraction of sp³-hybridized carbons (Fsp3) is 0.400. The molecule has 19 heavy (non-hydrogen) atoms. The molecule has 102 valence electrons. The van der Waals surface area contributed by atoms with Crippen LogP contribution < -0.4 is 10.1 Å². The highest BCUT2D eigenvalue weighted by Gasteiger charge is 2.03. The number of aromatic nitrogens is 1. The molecule has 0 unspecified atom stereocenters. The van der Waals surface area contributed by atoms with Crippen molar-refractivity contribution in [1.29, 1.82) is 0 Å². The van der Waals surface area contributed by atoms with Crippen LogP contribution in [-0.2, 0) is 6.54 Å². The van der Waals surface area contributed by atoms with Crippen LogP contribution in [0.2, 0.25) is 0 Å². The van der Waals surface area contributed by atoms with Crippen molar-refractivity contribution >= 4 is 17.0 Å². The zero-order valence-corrected chi connectivity index (χ0v) is 12.5. The number of thiazole rings is 1. The molecule has 0 fully saturated rings. The number of nitrogens with one attached hydrogen (secondary N) is 1. The number of aryl methyl sites for hydroxylation is 2. The number of anilines is 1. The summed E-state index contributed by atoms with van der Waals surface area (Å²) in [5.74, 6) is 0.924. The molecule has 3 nitrogen and oxygen atoms in total. The highest BCUT2D eigenvalue weighted by molar-refractivity contribution is 7.11. The fourth-order valence-electron chi connectivity index (χ4n) is 1.68. The molecule has 0 aliphatic rings. The Bertz CT molecular complexity index is 500.